The first kappa shape index (κ1) is 11.4. The first-order valence-electron chi connectivity index (χ1n) is 7.00. The van der Waals surface area contributed by atoms with E-state index in [4.69, 9.17) is 0 Å². The summed E-state index contributed by atoms with van der Waals surface area (Å²) in [5.74, 6) is 4.30. The van der Waals surface area contributed by atoms with E-state index in [9.17, 15) is 0 Å². The van der Waals surface area contributed by atoms with Crippen LogP contribution in [0.15, 0.2) is 0 Å². The Morgan fingerprint density at radius 3 is 2.56 bits per heavy atom. The van der Waals surface area contributed by atoms with Crippen molar-refractivity contribution in [3.63, 3.8) is 0 Å². The zero-order chi connectivity index (χ0) is 11.2. The number of hydrogen-bond donors (Lipinski definition) is 1. The second kappa shape index (κ2) is 4.20. The van der Waals surface area contributed by atoms with Gasteiger partial charge in [0, 0.05) is 13.1 Å². The standard InChI is InChI=1S/C14H25NS/c1-15(9-14(10-16)4-5-14)8-13-7-11-2-3-12(13)6-11/h11-13,16H,2-10H2,1H3. The SMILES string of the molecule is CN(CC1CC2CCC1C2)CC1(CS)CC1. The van der Waals surface area contributed by atoms with Crippen molar-refractivity contribution in [2.24, 2.45) is 23.2 Å². The van der Waals surface area contributed by atoms with Crippen molar-refractivity contribution in [2.75, 3.05) is 25.9 Å². The van der Waals surface area contributed by atoms with Gasteiger partial charge in [0.2, 0.25) is 0 Å². The highest BCUT2D eigenvalue weighted by atomic mass is 32.1. The van der Waals surface area contributed by atoms with Gasteiger partial charge in [0.1, 0.15) is 0 Å². The maximum Gasteiger partial charge on any atom is 0.00429 e. The van der Waals surface area contributed by atoms with Crippen LogP contribution in [0, 0.1) is 23.2 Å². The normalized spacial score (nSPS) is 39.6. The summed E-state index contributed by atoms with van der Waals surface area (Å²) >= 11 is 4.50. The maximum atomic E-state index is 4.50. The number of thiol groups is 1. The van der Waals surface area contributed by atoms with Crippen molar-refractivity contribution >= 4 is 12.6 Å². The van der Waals surface area contributed by atoms with E-state index in [0.29, 0.717) is 5.41 Å². The number of fused-ring (bicyclic) bond motifs is 2. The largest absolute Gasteiger partial charge is 0.306 e. The smallest absolute Gasteiger partial charge is 0.00429 e. The summed E-state index contributed by atoms with van der Waals surface area (Å²) in [6.07, 6.45) is 8.97. The molecule has 0 aliphatic heterocycles. The third-order valence-corrected chi connectivity index (χ3v) is 6.00. The van der Waals surface area contributed by atoms with Crippen LogP contribution in [0.3, 0.4) is 0 Å². The number of rotatable bonds is 5. The van der Waals surface area contributed by atoms with E-state index >= 15 is 0 Å². The molecular weight excluding hydrogens is 214 g/mol. The second-order valence-corrected chi connectivity index (χ2v) is 7.11. The molecule has 2 heteroatoms. The van der Waals surface area contributed by atoms with Crippen LogP contribution in [0.1, 0.15) is 38.5 Å². The summed E-state index contributed by atoms with van der Waals surface area (Å²) in [7, 11) is 2.33. The van der Waals surface area contributed by atoms with Crippen molar-refractivity contribution in [1.29, 1.82) is 0 Å². The summed E-state index contributed by atoms with van der Waals surface area (Å²) < 4.78 is 0. The molecule has 0 N–H and O–H groups in total. The zero-order valence-corrected chi connectivity index (χ0v) is 11.4. The van der Waals surface area contributed by atoms with Crippen LogP contribution in [0.2, 0.25) is 0 Å². The van der Waals surface area contributed by atoms with Crippen LogP contribution in [0.4, 0.5) is 0 Å². The number of nitrogens with zero attached hydrogens (tertiary/aromatic N) is 1. The summed E-state index contributed by atoms with van der Waals surface area (Å²) in [5.41, 5.74) is 0.607. The van der Waals surface area contributed by atoms with Gasteiger partial charge in [-0.15, -0.1) is 0 Å². The quantitative estimate of drug-likeness (QED) is 0.722. The van der Waals surface area contributed by atoms with Crippen LogP contribution in [0.25, 0.3) is 0 Å². The molecule has 3 aliphatic rings. The highest BCUT2D eigenvalue weighted by Gasteiger charge is 2.44. The molecule has 3 atom stereocenters. The minimum Gasteiger partial charge on any atom is -0.306 e. The molecule has 0 amide bonds. The average molecular weight is 239 g/mol. The van der Waals surface area contributed by atoms with E-state index in [1.165, 1.54) is 45.2 Å². The van der Waals surface area contributed by atoms with Crippen molar-refractivity contribution in [2.45, 2.75) is 38.5 Å². The zero-order valence-electron chi connectivity index (χ0n) is 10.5. The fourth-order valence-corrected chi connectivity index (χ4v) is 4.60. The van der Waals surface area contributed by atoms with Crippen LogP contribution >= 0.6 is 12.6 Å². The molecule has 0 heterocycles. The minimum absolute atomic E-state index is 0.607. The lowest BCUT2D eigenvalue weighted by Gasteiger charge is -2.29. The lowest BCUT2D eigenvalue weighted by atomic mass is 9.88. The topological polar surface area (TPSA) is 3.24 Å². The molecule has 0 aromatic rings. The Balaban J connectivity index is 1.48. The Bertz CT molecular complexity index is 261. The Morgan fingerprint density at radius 1 is 1.25 bits per heavy atom. The Hall–Kier alpha value is 0.310. The molecular formula is C14H25NS. The van der Waals surface area contributed by atoms with Crippen molar-refractivity contribution < 1.29 is 0 Å². The van der Waals surface area contributed by atoms with Gasteiger partial charge in [-0.25, -0.2) is 0 Å². The van der Waals surface area contributed by atoms with E-state index < -0.39 is 0 Å². The first-order valence-corrected chi connectivity index (χ1v) is 7.63. The van der Waals surface area contributed by atoms with E-state index in [1.54, 1.807) is 6.42 Å². The molecule has 2 bridgehead atoms. The molecule has 0 spiro atoms. The third kappa shape index (κ3) is 2.15. The van der Waals surface area contributed by atoms with E-state index in [0.717, 1.165) is 23.5 Å². The summed E-state index contributed by atoms with van der Waals surface area (Å²) in [6.45, 7) is 2.65. The van der Waals surface area contributed by atoms with Gasteiger partial charge in [0.05, 0.1) is 0 Å². The predicted octanol–water partition coefficient (Wildman–Crippen LogP) is 3.06. The molecule has 3 fully saturated rings. The fourth-order valence-electron chi connectivity index (χ4n) is 4.18. The van der Waals surface area contributed by atoms with Gasteiger partial charge in [0.15, 0.2) is 0 Å². The molecule has 92 valence electrons. The molecule has 0 aromatic heterocycles. The van der Waals surface area contributed by atoms with Gasteiger partial charge in [-0.2, -0.15) is 12.6 Å². The lowest BCUT2D eigenvalue weighted by Crippen LogP contribution is -2.33. The molecule has 0 aromatic carbocycles. The molecule has 0 radical (unpaired) electrons. The van der Waals surface area contributed by atoms with E-state index in [2.05, 4.69) is 24.6 Å². The van der Waals surface area contributed by atoms with Gasteiger partial charge in [-0.1, -0.05) is 6.42 Å². The van der Waals surface area contributed by atoms with Gasteiger partial charge < -0.3 is 4.90 Å². The molecule has 3 saturated carbocycles. The van der Waals surface area contributed by atoms with E-state index in [-0.39, 0.29) is 0 Å². The third-order valence-electron chi connectivity index (χ3n) is 5.33. The molecule has 3 rings (SSSR count). The minimum atomic E-state index is 0.607. The maximum absolute atomic E-state index is 4.50. The molecule has 1 nitrogen and oxygen atoms in total. The highest BCUT2D eigenvalue weighted by Crippen LogP contribution is 2.50. The van der Waals surface area contributed by atoms with Crippen molar-refractivity contribution in [3.8, 4) is 0 Å². The lowest BCUT2D eigenvalue weighted by molar-refractivity contribution is 0.196. The van der Waals surface area contributed by atoms with Crippen LogP contribution in [-0.2, 0) is 0 Å². The number of hydrogen-bond acceptors (Lipinski definition) is 2. The average Bonchev–Trinajstić information content (AvgIpc) is 2.72. The van der Waals surface area contributed by atoms with Gasteiger partial charge >= 0.3 is 0 Å². The van der Waals surface area contributed by atoms with Gasteiger partial charge in [0.25, 0.3) is 0 Å². The fraction of sp³-hybridized carbons (Fsp3) is 1.00. The molecule has 3 unspecified atom stereocenters. The summed E-state index contributed by atoms with van der Waals surface area (Å²) in [6, 6.07) is 0. The van der Waals surface area contributed by atoms with Crippen molar-refractivity contribution in [3.05, 3.63) is 0 Å². The van der Waals surface area contributed by atoms with Crippen LogP contribution in [-0.4, -0.2) is 30.8 Å². The van der Waals surface area contributed by atoms with E-state index in [1.807, 2.05) is 0 Å². The first-order chi connectivity index (χ1) is 7.71. The van der Waals surface area contributed by atoms with Crippen LogP contribution in [0.5, 0.6) is 0 Å². The molecule has 0 saturated heterocycles. The predicted molar refractivity (Wildman–Crippen MR) is 72.0 cm³/mol. The van der Waals surface area contributed by atoms with Gasteiger partial charge in [-0.3, -0.25) is 0 Å². The monoisotopic (exact) mass is 239 g/mol. The second-order valence-electron chi connectivity index (χ2n) is 6.79. The summed E-state index contributed by atoms with van der Waals surface area (Å²) in [4.78, 5) is 2.61. The summed E-state index contributed by atoms with van der Waals surface area (Å²) in [5, 5.41) is 0. The van der Waals surface area contributed by atoms with Crippen LogP contribution < -0.4 is 0 Å². The highest BCUT2D eigenvalue weighted by molar-refractivity contribution is 7.80. The Labute approximate surface area is 105 Å². The Kier molecular flexibility index (Phi) is 3.00. The van der Waals surface area contributed by atoms with Crippen molar-refractivity contribution in [1.82, 2.24) is 4.90 Å². The molecule has 16 heavy (non-hydrogen) atoms. The molecule has 3 aliphatic carbocycles. The Morgan fingerprint density at radius 2 is 2.06 bits per heavy atom. The van der Waals surface area contributed by atoms with Gasteiger partial charge in [-0.05, 0) is 68.1 Å².